The van der Waals surface area contributed by atoms with E-state index in [0.717, 1.165) is 11.1 Å². The van der Waals surface area contributed by atoms with Crippen molar-refractivity contribution in [1.82, 2.24) is 0 Å². The van der Waals surface area contributed by atoms with Gasteiger partial charge in [0.2, 0.25) is 0 Å². The summed E-state index contributed by atoms with van der Waals surface area (Å²) in [6, 6.07) is 5.55. The molecule has 1 aromatic rings. The summed E-state index contributed by atoms with van der Waals surface area (Å²) in [5, 5.41) is 10.3. The predicted octanol–water partition coefficient (Wildman–Crippen LogP) is 2.87. The number of carboxylic acid groups (broad SMARTS) is 1. The number of methoxy groups -OCH3 is 4. The van der Waals surface area contributed by atoms with Crippen molar-refractivity contribution < 1.29 is 28.8 Å². The van der Waals surface area contributed by atoms with Gasteiger partial charge in [-0.3, -0.25) is 4.79 Å². The van der Waals surface area contributed by atoms with E-state index < -0.39 is 17.5 Å². The highest BCUT2D eigenvalue weighted by molar-refractivity contribution is 5.81. The van der Waals surface area contributed by atoms with Gasteiger partial charge in [-0.1, -0.05) is 6.08 Å². The van der Waals surface area contributed by atoms with E-state index in [4.69, 9.17) is 18.9 Å². The third-order valence-corrected chi connectivity index (χ3v) is 5.90. The second-order valence-corrected chi connectivity index (χ2v) is 7.04. The van der Waals surface area contributed by atoms with Crippen LogP contribution >= 0.6 is 0 Å². The maximum atomic E-state index is 12.5. The van der Waals surface area contributed by atoms with Crippen LogP contribution in [-0.2, 0) is 14.3 Å². The number of fused-ring (bicyclic) bond motifs is 2. The summed E-state index contributed by atoms with van der Waals surface area (Å²) >= 11 is 0. The van der Waals surface area contributed by atoms with Crippen molar-refractivity contribution >= 4 is 5.97 Å². The quantitative estimate of drug-likeness (QED) is 0.785. The topological polar surface area (TPSA) is 74.2 Å². The fraction of sp³-hybridized carbons (Fsp3) is 0.550. The van der Waals surface area contributed by atoms with Gasteiger partial charge >= 0.3 is 5.97 Å². The lowest BCUT2D eigenvalue weighted by molar-refractivity contribution is -0.156. The third kappa shape index (κ3) is 2.59. The number of hydrogen-bond acceptors (Lipinski definition) is 5. The summed E-state index contributed by atoms with van der Waals surface area (Å²) in [6.45, 7) is 1.93. The standard InChI is InChI=1S/C20H26O6/c1-11-10-20(19(21)22)16(9-15(17(11)25-4)18(20)26-5)12-6-13(23-2)8-14(7-12)24-3/h6-8,10,15-18H,9H2,1-5H3,(H,21,22). The fourth-order valence-corrected chi connectivity index (χ4v) is 4.91. The first-order valence-corrected chi connectivity index (χ1v) is 8.64. The summed E-state index contributed by atoms with van der Waals surface area (Å²) in [4.78, 5) is 12.5. The molecule has 3 rings (SSSR count). The molecular formula is C20H26O6. The highest BCUT2D eigenvalue weighted by Crippen LogP contribution is 2.60. The molecule has 6 nitrogen and oxygen atoms in total. The Balaban J connectivity index is 2.19. The zero-order chi connectivity index (χ0) is 19.1. The Kier molecular flexibility index (Phi) is 4.99. The van der Waals surface area contributed by atoms with E-state index in [1.54, 1.807) is 34.5 Å². The molecule has 2 bridgehead atoms. The van der Waals surface area contributed by atoms with Gasteiger partial charge in [-0.2, -0.15) is 0 Å². The smallest absolute Gasteiger partial charge is 0.316 e. The monoisotopic (exact) mass is 362 g/mol. The van der Waals surface area contributed by atoms with Crippen LogP contribution in [0.3, 0.4) is 0 Å². The molecule has 1 saturated carbocycles. The molecule has 0 saturated heterocycles. The highest BCUT2D eigenvalue weighted by atomic mass is 16.5. The SMILES string of the molecule is COc1cc(OC)cc(C2CC3C(OC)C(C)=CC2(C(=O)O)C3OC)c1. The maximum absolute atomic E-state index is 12.5. The molecule has 0 spiro atoms. The molecule has 5 atom stereocenters. The Bertz CT molecular complexity index is 705. The van der Waals surface area contributed by atoms with E-state index in [9.17, 15) is 9.90 Å². The minimum absolute atomic E-state index is 0.0340. The van der Waals surface area contributed by atoms with Crippen LogP contribution in [0.25, 0.3) is 0 Å². The first-order valence-electron chi connectivity index (χ1n) is 8.64. The van der Waals surface area contributed by atoms with E-state index in [-0.39, 0.29) is 17.9 Å². The number of carbonyl (C=O) groups is 1. The second-order valence-electron chi connectivity index (χ2n) is 7.04. The van der Waals surface area contributed by atoms with Gasteiger partial charge in [-0.05, 0) is 36.6 Å². The predicted molar refractivity (Wildman–Crippen MR) is 95.8 cm³/mol. The number of hydrogen-bond donors (Lipinski definition) is 1. The number of ether oxygens (including phenoxy) is 4. The van der Waals surface area contributed by atoms with Crippen LogP contribution in [0, 0.1) is 11.3 Å². The summed E-state index contributed by atoms with van der Waals surface area (Å²) in [6.07, 6.45) is 1.87. The molecule has 1 N–H and O–H groups in total. The fourth-order valence-electron chi connectivity index (χ4n) is 4.91. The molecule has 142 valence electrons. The molecule has 0 amide bonds. The average Bonchev–Trinajstić information content (AvgIpc) is 2.89. The molecule has 0 radical (unpaired) electrons. The van der Waals surface area contributed by atoms with Crippen LogP contribution in [-0.4, -0.2) is 51.7 Å². The van der Waals surface area contributed by atoms with Gasteiger partial charge in [0, 0.05) is 32.1 Å². The first kappa shape index (κ1) is 18.7. The summed E-state index contributed by atoms with van der Waals surface area (Å²) < 4.78 is 22.2. The van der Waals surface area contributed by atoms with Crippen molar-refractivity contribution in [3.05, 3.63) is 35.4 Å². The lowest BCUT2D eigenvalue weighted by atomic mass is 9.69. The van der Waals surface area contributed by atoms with Crippen LogP contribution < -0.4 is 9.47 Å². The Morgan fingerprint density at radius 1 is 1.08 bits per heavy atom. The molecule has 2 aliphatic rings. The molecule has 1 aromatic carbocycles. The minimum Gasteiger partial charge on any atom is -0.497 e. The molecule has 6 heteroatoms. The molecule has 0 aliphatic heterocycles. The largest absolute Gasteiger partial charge is 0.497 e. The first-order chi connectivity index (χ1) is 12.4. The number of carboxylic acids is 1. The third-order valence-electron chi connectivity index (χ3n) is 5.90. The lowest BCUT2D eigenvalue weighted by Gasteiger charge is -2.40. The Morgan fingerprint density at radius 2 is 1.69 bits per heavy atom. The van der Waals surface area contributed by atoms with Crippen molar-refractivity contribution in [2.24, 2.45) is 11.3 Å². The molecule has 26 heavy (non-hydrogen) atoms. The lowest BCUT2D eigenvalue weighted by Crippen LogP contribution is -2.49. The van der Waals surface area contributed by atoms with Crippen molar-refractivity contribution in [3.63, 3.8) is 0 Å². The molecule has 1 fully saturated rings. The minimum atomic E-state index is -1.14. The van der Waals surface area contributed by atoms with Gasteiger partial charge in [0.05, 0.1) is 26.4 Å². The Morgan fingerprint density at radius 3 is 2.15 bits per heavy atom. The van der Waals surface area contributed by atoms with E-state index >= 15 is 0 Å². The van der Waals surface area contributed by atoms with Crippen molar-refractivity contribution in [2.75, 3.05) is 28.4 Å². The Labute approximate surface area is 153 Å². The summed E-state index contributed by atoms with van der Waals surface area (Å²) in [5.41, 5.74) is 0.662. The summed E-state index contributed by atoms with van der Waals surface area (Å²) in [5.74, 6) is 0.0912. The van der Waals surface area contributed by atoms with Crippen molar-refractivity contribution in [1.29, 1.82) is 0 Å². The van der Waals surface area contributed by atoms with Crippen LogP contribution in [0.5, 0.6) is 11.5 Å². The van der Waals surface area contributed by atoms with Gasteiger partial charge < -0.3 is 24.1 Å². The average molecular weight is 362 g/mol. The van der Waals surface area contributed by atoms with Crippen LogP contribution in [0.1, 0.15) is 24.8 Å². The van der Waals surface area contributed by atoms with Crippen LogP contribution in [0.15, 0.2) is 29.8 Å². The van der Waals surface area contributed by atoms with Gasteiger partial charge in [-0.15, -0.1) is 0 Å². The van der Waals surface area contributed by atoms with E-state index in [1.165, 1.54) is 0 Å². The molecule has 5 unspecified atom stereocenters. The molecular weight excluding hydrogens is 336 g/mol. The number of benzene rings is 1. The van der Waals surface area contributed by atoms with Gasteiger partial charge in [-0.25, -0.2) is 0 Å². The Hall–Kier alpha value is -2.05. The van der Waals surface area contributed by atoms with Crippen molar-refractivity contribution in [3.8, 4) is 11.5 Å². The zero-order valence-corrected chi connectivity index (χ0v) is 15.8. The van der Waals surface area contributed by atoms with Crippen LogP contribution in [0.4, 0.5) is 0 Å². The number of aliphatic carboxylic acids is 1. The second kappa shape index (κ2) is 6.93. The molecule has 0 aromatic heterocycles. The highest BCUT2D eigenvalue weighted by Gasteiger charge is 2.64. The molecule has 2 aliphatic carbocycles. The normalized spacial score (nSPS) is 32.9. The van der Waals surface area contributed by atoms with Crippen LogP contribution in [0.2, 0.25) is 0 Å². The zero-order valence-electron chi connectivity index (χ0n) is 15.8. The van der Waals surface area contributed by atoms with Gasteiger partial charge in [0.1, 0.15) is 16.9 Å². The van der Waals surface area contributed by atoms with E-state index in [1.807, 2.05) is 25.1 Å². The summed E-state index contributed by atoms with van der Waals surface area (Å²) in [7, 11) is 6.40. The van der Waals surface area contributed by atoms with Crippen molar-refractivity contribution in [2.45, 2.75) is 31.5 Å². The van der Waals surface area contributed by atoms with Gasteiger partial charge in [0.15, 0.2) is 0 Å². The van der Waals surface area contributed by atoms with Gasteiger partial charge in [0.25, 0.3) is 0 Å². The van der Waals surface area contributed by atoms with E-state index in [2.05, 4.69) is 0 Å². The number of rotatable bonds is 6. The maximum Gasteiger partial charge on any atom is 0.316 e. The van der Waals surface area contributed by atoms with E-state index in [0.29, 0.717) is 17.9 Å². The molecule has 0 heterocycles.